The molecule has 4 rings (SSSR count). The minimum absolute atomic E-state index is 0. The van der Waals surface area contributed by atoms with Gasteiger partial charge in [-0.2, -0.15) is 6.42 Å². The van der Waals surface area contributed by atoms with Crippen LogP contribution in [0.3, 0.4) is 0 Å². The van der Waals surface area contributed by atoms with Gasteiger partial charge in [-0.05, 0) is 43.1 Å². The predicted molar refractivity (Wildman–Crippen MR) is 91.0 cm³/mol. The number of likely N-dealkylation sites (tertiary alicyclic amines) is 1. The van der Waals surface area contributed by atoms with Crippen molar-refractivity contribution in [1.82, 2.24) is 4.90 Å². The van der Waals surface area contributed by atoms with Crippen LogP contribution in [0.1, 0.15) is 50.7 Å². The zero-order chi connectivity index (χ0) is 15.3. The summed E-state index contributed by atoms with van der Waals surface area (Å²) in [5.41, 5.74) is 3.30. The molecule has 2 fully saturated rings. The Hall–Kier alpha value is 0.384. The zero-order valence-electron chi connectivity index (χ0n) is 14.2. The summed E-state index contributed by atoms with van der Waals surface area (Å²) in [5, 5.41) is 0.946. The molecule has 0 spiro atoms. The third kappa shape index (κ3) is 2.82. The Kier molecular flexibility index (Phi) is 5.49. The number of benzene rings is 1. The summed E-state index contributed by atoms with van der Waals surface area (Å²) >= 11 is 0. The molecule has 2 aliphatic carbocycles. The van der Waals surface area contributed by atoms with Gasteiger partial charge in [0.15, 0.2) is 8.46 Å². The van der Waals surface area contributed by atoms with Crippen LogP contribution in [0.25, 0.3) is 0 Å². The van der Waals surface area contributed by atoms with E-state index in [1.54, 1.807) is 5.92 Å². The number of piperidine rings is 1. The van der Waals surface area contributed by atoms with Crippen molar-refractivity contribution in [3.8, 4) is 0 Å². The van der Waals surface area contributed by atoms with Gasteiger partial charge in [0.25, 0.3) is 0 Å². The van der Waals surface area contributed by atoms with E-state index in [1.807, 2.05) is 6.07 Å². The first kappa shape index (κ1) is 18.2. The molecular formula is C19H25NOPY-. The summed E-state index contributed by atoms with van der Waals surface area (Å²) in [7, 11) is 0.159. The van der Waals surface area contributed by atoms with Crippen LogP contribution in [0.5, 0.6) is 0 Å². The van der Waals surface area contributed by atoms with Crippen LogP contribution in [0.4, 0.5) is 0 Å². The Morgan fingerprint density at radius 3 is 3.00 bits per heavy atom. The Balaban J connectivity index is 0.00000156. The summed E-state index contributed by atoms with van der Waals surface area (Å²) in [6.07, 6.45) is 6.34. The second-order valence-corrected chi connectivity index (χ2v) is 8.19. The van der Waals surface area contributed by atoms with Crippen molar-refractivity contribution >= 4 is 13.8 Å². The van der Waals surface area contributed by atoms with E-state index in [0.29, 0.717) is 6.04 Å². The number of hydrogen-bond acceptors (Lipinski definition) is 2. The Bertz CT molecular complexity index is 607. The standard InChI is InChI=1S/C19H25NOP.Y/c1-3-20-9-8-19-12-13(2)4-7-16(19)18(20)10-14-5-6-15(22-21)11-17(14)19;/h5-6,11,13,18H,3-4,7-10,12H2,1-2H3;/q-1;/t13?,18-,19+;/m1./s1. The van der Waals surface area contributed by atoms with Crippen molar-refractivity contribution in [2.75, 3.05) is 13.1 Å². The molecule has 1 radical (unpaired) electrons. The summed E-state index contributed by atoms with van der Waals surface area (Å²) in [6, 6.07) is 7.20. The molecule has 1 aliphatic heterocycles. The molecule has 1 saturated carbocycles. The summed E-state index contributed by atoms with van der Waals surface area (Å²) < 4.78 is 11.4. The number of hydrogen-bond donors (Lipinski definition) is 0. The molecular weight excluding hydrogens is 378 g/mol. The molecule has 23 heavy (non-hydrogen) atoms. The van der Waals surface area contributed by atoms with E-state index >= 15 is 0 Å². The first-order valence-corrected chi connectivity index (χ1v) is 9.56. The fourth-order valence-electron chi connectivity index (χ4n) is 5.43. The largest absolute Gasteiger partial charge is 0.329 e. The van der Waals surface area contributed by atoms with Gasteiger partial charge in [-0.25, -0.2) is 0 Å². The van der Waals surface area contributed by atoms with Gasteiger partial charge < -0.3 is 4.90 Å². The van der Waals surface area contributed by atoms with Gasteiger partial charge in [0.2, 0.25) is 0 Å². The van der Waals surface area contributed by atoms with Crippen LogP contribution in [-0.4, -0.2) is 24.0 Å². The average Bonchev–Trinajstić information content (AvgIpc) is 2.54. The van der Waals surface area contributed by atoms with Crippen LogP contribution in [0, 0.1) is 11.8 Å². The van der Waals surface area contributed by atoms with Crippen molar-refractivity contribution in [1.29, 1.82) is 0 Å². The molecule has 1 heterocycles. The van der Waals surface area contributed by atoms with Gasteiger partial charge in [0.1, 0.15) is 0 Å². The third-order valence-electron chi connectivity index (χ3n) is 6.42. The zero-order valence-corrected chi connectivity index (χ0v) is 17.9. The van der Waals surface area contributed by atoms with E-state index in [4.69, 9.17) is 0 Å². The van der Waals surface area contributed by atoms with Crippen molar-refractivity contribution < 1.29 is 37.3 Å². The Morgan fingerprint density at radius 1 is 1.43 bits per heavy atom. The summed E-state index contributed by atoms with van der Waals surface area (Å²) in [5.74, 6) is 2.60. The minimum Gasteiger partial charge on any atom is -0.329 e. The first-order chi connectivity index (χ1) is 10.7. The second kappa shape index (κ2) is 6.95. The fraction of sp³-hybridized carbons (Fsp3) is 0.632. The van der Waals surface area contributed by atoms with Crippen molar-refractivity contribution in [2.45, 2.75) is 57.4 Å². The predicted octanol–water partition coefficient (Wildman–Crippen LogP) is 3.88. The minimum atomic E-state index is 0. The summed E-state index contributed by atoms with van der Waals surface area (Å²) in [4.78, 5) is 2.69. The molecule has 121 valence electrons. The molecule has 0 aromatic heterocycles. The van der Waals surface area contributed by atoms with Crippen LogP contribution in [0.2, 0.25) is 0 Å². The fourth-order valence-corrected chi connectivity index (χ4v) is 5.75. The SMILES string of the molecule is CCN1CC[C@]23CC(C)CC[C-]2[C@H]1Cc1ccc(P=O)cc13.[Y]. The van der Waals surface area contributed by atoms with Crippen molar-refractivity contribution in [2.24, 2.45) is 5.92 Å². The second-order valence-electron chi connectivity index (χ2n) is 7.49. The molecule has 2 bridgehead atoms. The molecule has 1 aromatic carbocycles. The van der Waals surface area contributed by atoms with Gasteiger partial charge in [-0.3, -0.25) is 10.5 Å². The maximum absolute atomic E-state index is 11.4. The number of likely N-dealkylation sites (N-methyl/N-ethyl adjacent to an activating group) is 1. The van der Waals surface area contributed by atoms with E-state index in [0.717, 1.165) is 24.2 Å². The Labute approximate surface area is 166 Å². The Morgan fingerprint density at radius 2 is 2.26 bits per heavy atom. The molecule has 3 atom stereocenters. The van der Waals surface area contributed by atoms with Gasteiger partial charge in [0.05, 0.1) is 0 Å². The van der Waals surface area contributed by atoms with Gasteiger partial charge in [-0.15, -0.1) is 11.5 Å². The van der Waals surface area contributed by atoms with Crippen molar-refractivity contribution in [3.05, 3.63) is 35.2 Å². The monoisotopic (exact) mass is 403 g/mol. The number of fused-ring (bicyclic) bond motifs is 1. The van der Waals surface area contributed by atoms with Gasteiger partial charge >= 0.3 is 0 Å². The smallest absolute Gasteiger partial charge is 0.192 e. The van der Waals surface area contributed by atoms with Crippen molar-refractivity contribution in [3.63, 3.8) is 0 Å². The topological polar surface area (TPSA) is 20.3 Å². The van der Waals surface area contributed by atoms with Crippen LogP contribution in [0.15, 0.2) is 18.2 Å². The van der Waals surface area contributed by atoms with E-state index in [-0.39, 0.29) is 46.6 Å². The number of rotatable bonds is 2. The molecule has 3 aliphatic rings. The first-order valence-electron chi connectivity index (χ1n) is 8.75. The number of nitrogens with zero attached hydrogens (tertiary/aromatic N) is 1. The maximum atomic E-state index is 11.4. The molecule has 0 N–H and O–H groups in total. The van der Waals surface area contributed by atoms with E-state index in [1.165, 1.54) is 43.4 Å². The van der Waals surface area contributed by atoms with Crippen LogP contribution >= 0.6 is 8.46 Å². The van der Waals surface area contributed by atoms with Gasteiger partial charge in [-0.1, -0.05) is 44.7 Å². The quantitative estimate of drug-likeness (QED) is 0.552. The molecule has 1 saturated heterocycles. The molecule has 4 heteroatoms. The molecule has 1 aromatic rings. The van der Waals surface area contributed by atoms with Crippen LogP contribution in [-0.2, 0) is 49.1 Å². The van der Waals surface area contributed by atoms with Gasteiger partial charge in [0, 0.05) is 38.0 Å². The summed E-state index contributed by atoms with van der Waals surface area (Å²) in [6.45, 7) is 7.09. The molecule has 0 amide bonds. The molecule has 2 nitrogen and oxygen atoms in total. The average molecular weight is 403 g/mol. The van der Waals surface area contributed by atoms with E-state index < -0.39 is 0 Å². The normalized spacial score (nSPS) is 33.7. The molecule has 1 unspecified atom stereocenters. The maximum Gasteiger partial charge on any atom is 0.192 e. The van der Waals surface area contributed by atoms with Crippen LogP contribution < -0.4 is 5.30 Å². The van der Waals surface area contributed by atoms with E-state index in [2.05, 4.69) is 30.9 Å². The third-order valence-corrected chi connectivity index (χ3v) is 6.91. The van der Waals surface area contributed by atoms with E-state index in [9.17, 15) is 4.57 Å².